The van der Waals surface area contributed by atoms with Crippen LogP contribution in [0.25, 0.3) is 5.69 Å². The molecule has 0 aliphatic rings. The van der Waals surface area contributed by atoms with Gasteiger partial charge in [-0.25, -0.2) is 4.98 Å². The smallest absolute Gasteiger partial charge is 0.151 e. The molecule has 5 nitrogen and oxygen atoms in total. The molecule has 0 unspecified atom stereocenters. The van der Waals surface area contributed by atoms with Crippen LogP contribution >= 0.6 is 0 Å². The quantitative estimate of drug-likeness (QED) is 0.755. The van der Waals surface area contributed by atoms with E-state index >= 15 is 0 Å². The van der Waals surface area contributed by atoms with Gasteiger partial charge >= 0.3 is 0 Å². The van der Waals surface area contributed by atoms with Crippen molar-refractivity contribution in [1.29, 1.82) is 0 Å². The SMILES string of the molecule is CCc1[nH]nc(NCc2ccc(-n3ccnc3)cc2)c1C. The molecule has 0 aliphatic carbocycles. The average molecular weight is 281 g/mol. The minimum Gasteiger partial charge on any atom is -0.364 e. The van der Waals surface area contributed by atoms with Crippen LogP contribution in [0.3, 0.4) is 0 Å². The van der Waals surface area contributed by atoms with Crippen LogP contribution in [-0.2, 0) is 13.0 Å². The number of aromatic amines is 1. The van der Waals surface area contributed by atoms with Crippen LogP contribution < -0.4 is 5.32 Å². The van der Waals surface area contributed by atoms with Gasteiger partial charge in [-0.2, -0.15) is 5.10 Å². The maximum Gasteiger partial charge on any atom is 0.151 e. The van der Waals surface area contributed by atoms with Crippen molar-refractivity contribution < 1.29 is 0 Å². The van der Waals surface area contributed by atoms with E-state index in [9.17, 15) is 0 Å². The number of aromatic nitrogens is 4. The van der Waals surface area contributed by atoms with Crippen LogP contribution in [0.4, 0.5) is 5.82 Å². The molecular weight excluding hydrogens is 262 g/mol. The van der Waals surface area contributed by atoms with Gasteiger partial charge in [0.05, 0.1) is 6.33 Å². The molecule has 0 saturated heterocycles. The van der Waals surface area contributed by atoms with E-state index in [1.54, 1.807) is 12.5 Å². The summed E-state index contributed by atoms with van der Waals surface area (Å²) in [6.07, 6.45) is 6.49. The van der Waals surface area contributed by atoms with Crippen LogP contribution in [0.15, 0.2) is 43.0 Å². The molecular formula is C16H19N5. The number of benzene rings is 1. The Hall–Kier alpha value is -2.56. The predicted octanol–water partition coefficient (Wildman–Crippen LogP) is 3.08. The molecule has 1 aromatic carbocycles. The highest BCUT2D eigenvalue weighted by Crippen LogP contribution is 2.17. The monoisotopic (exact) mass is 281 g/mol. The normalized spacial score (nSPS) is 10.8. The lowest BCUT2D eigenvalue weighted by atomic mass is 10.2. The van der Waals surface area contributed by atoms with Crippen molar-refractivity contribution in [1.82, 2.24) is 19.7 Å². The lowest BCUT2D eigenvalue weighted by molar-refractivity contribution is 0.965. The molecule has 2 heterocycles. The Morgan fingerprint density at radius 1 is 1.24 bits per heavy atom. The number of hydrogen-bond acceptors (Lipinski definition) is 3. The van der Waals surface area contributed by atoms with Crippen molar-refractivity contribution >= 4 is 5.82 Å². The average Bonchev–Trinajstić information content (AvgIpc) is 3.16. The first kappa shape index (κ1) is 13.4. The number of H-pyrrole nitrogens is 1. The lowest BCUT2D eigenvalue weighted by Crippen LogP contribution is -2.01. The topological polar surface area (TPSA) is 58.5 Å². The number of rotatable bonds is 5. The zero-order chi connectivity index (χ0) is 14.7. The summed E-state index contributed by atoms with van der Waals surface area (Å²) in [6, 6.07) is 8.41. The van der Waals surface area contributed by atoms with Gasteiger partial charge in [0, 0.05) is 35.9 Å². The third-order valence-electron chi connectivity index (χ3n) is 3.66. The van der Waals surface area contributed by atoms with Gasteiger partial charge in [-0.3, -0.25) is 5.10 Å². The maximum atomic E-state index is 4.31. The fraction of sp³-hybridized carbons (Fsp3) is 0.250. The Kier molecular flexibility index (Phi) is 3.73. The minimum atomic E-state index is 0.763. The van der Waals surface area contributed by atoms with Crippen LogP contribution in [0, 0.1) is 6.92 Å². The van der Waals surface area contributed by atoms with Gasteiger partial charge in [-0.15, -0.1) is 0 Å². The summed E-state index contributed by atoms with van der Waals surface area (Å²) in [7, 11) is 0. The molecule has 0 fully saturated rings. The number of nitrogens with one attached hydrogen (secondary N) is 2. The van der Waals surface area contributed by atoms with E-state index < -0.39 is 0 Å². The Labute approximate surface area is 124 Å². The number of hydrogen-bond donors (Lipinski definition) is 2. The first-order valence-corrected chi connectivity index (χ1v) is 7.13. The first-order chi connectivity index (χ1) is 10.3. The Morgan fingerprint density at radius 3 is 2.67 bits per heavy atom. The molecule has 0 radical (unpaired) electrons. The highest BCUT2D eigenvalue weighted by molar-refractivity contribution is 5.46. The molecule has 0 amide bonds. The highest BCUT2D eigenvalue weighted by Gasteiger charge is 2.06. The second-order valence-electron chi connectivity index (χ2n) is 5.02. The standard InChI is InChI=1S/C16H19N5/c1-3-15-12(2)16(20-19-15)18-10-13-4-6-14(7-5-13)21-9-8-17-11-21/h4-9,11H,3,10H2,1-2H3,(H2,18,19,20). The van der Waals surface area contributed by atoms with E-state index in [1.807, 2.05) is 10.8 Å². The number of aryl methyl sites for hydroxylation is 1. The van der Waals surface area contributed by atoms with Gasteiger partial charge in [0.2, 0.25) is 0 Å². The molecule has 3 rings (SSSR count). The van der Waals surface area contributed by atoms with Gasteiger partial charge in [-0.05, 0) is 31.0 Å². The van der Waals surface area contributed by atoms with Gasteiger partial charge in [0.25, 0.3) is 0 Å². The Balaban J connectivity index is 1.67. The maximum absolute atomic E-state index is 4.31. The summed E-state index contributed by atoms with van der Waals surface area (Å²) < 4.78 is 1.99. The van der Waals surface area contributed by atoms with Crippen molar-refractivity contribution in [2.75, 3.05) is 5.32 Å². The van der Waals surface area contributed by atoms with E-state index in [-0.39, 0.29) is 0 Å². The van der Waals surface area contributed by atoms with E-state index in [1.165, 1.54) is 16.8 Å². The molecule has 3 aromatic rings. The third-order valence-corrected chi connectivity index (χ3v) is 3.66. The zero-order valence-corrected chi connectivity index (χ0v) is 12.3. The van der Waals surface area contributed by atoms with E-state index in [0.29, 0.717) is 0 Å². The second kappa shape index (κ2) is 5.83. The van der Waals surface area contributed by atoms with Crippen LogP contribution in [0.2, 0.25) is 0 Å². The molecule has 21 heavy (non-hydrogen) atoms. The molecule has 2 N–H and O–H groups in total. The van der Waals surface area contributed by atoms with E-state index in [2.05, 4.69) is 58.6 Å². The first-order valence-electron chi connectivity index (χ1n) is 7.13. The minimum absolute atomic E-state index is 0.763. The summed E-state index contributed by atoms with van der Waals surface area (Å²) in [5.74, 6) is 0.936. The van der Waals surface area contributed by atoms with Crippen molar-refractivity contribution in [3.8, 4) is 5.69 Å². The summed E-state index contributed by atoms with van der Waals surface area (Å²) in [4.78, 5) is 4.06. The zero-order valence-electron chi connectivity index (χ0n) is 12.3. The largest absolute Gasteiger partial charge is 0.364 e. The number of nitrogens with zero attached hydrogens (tertiary/aromatic N) is 3. The van der Waals surface area contributed by atoms with Crippen LogP contribution in [0.1, 0.15) is 23.7 Å². The molecule has 108 valence electrons. The molecule has 2 aromatic heterocycles. The van der Waals surface area contributed by atoms with Gasteiger partial charge < -0.3 is 9.88 Å². The second-order valence-corrected chi connectivity index (χ2v) is 5.02. The Morgan fingerprint density at radius 2 is 2.05 bits per heavy atom. The van der Waals surface area contributed by atoms with Crippen molar-refractivity contribution in [3.05, 3.63) is 59.8 Å². The summed E-state index contributed by atoms with van der Waals surface area (Å²) in [5, 5.41) is 10.8. The molecule has 0 bridgehead atoms. The van der Waals surface area contributed by atoms with E-state index in [4.69, 9.17) is 0 Å². The summed E-state index contributed by atoms with van der Waals surface area (Å²) in [5.41, 5.74) is 4.72. The molecule has 0 saturated carbocycles. The van der Waals surface area contributed by atoms with Crippen molar-refractivity contribution in [2.24, 2.45) is 0 Å². The molecule has 0 spiro atoms. The van der Waals surface area contributed by atoms with Crippen LogP contribution in [-0.4, -0.2) is 19.7 Å². The molecule has 0 aliphatic heterocycles. The fourth-order valence-electron chi connectivity index (χ4n) is 2.33. The molecule has 5 heteroatoms. The summed E-state index contributed by atoms with van der Waals surface area (Å²) >= 11 is 0. The van der Waals surface area contributed by atoms with Crippen molar-refractivity contribution in [3.63, 3.8) is 0 Å². The number of imidazole rings is 1. The summed E-state index contributed by atoms with van der Waals surface area (Å²) in [6.45, 7) is 4.98. The van der Waals surface area contributed by atoms with Crippen LogP contribution in [0.5, 0.6) is 0 Å². The lowest BCUT2D eigenvalue weighted by Gasteiger charge is -2.07. The van der Waals surface area contributed by atoms with Gasteiger partial charge in [0.1, 0.15) is 0 Å². The van der Waals surface area contributed by atoms with E-state index in [0.717, 1.165) is 24.5 Å². The van der Waals surface area contributed by atoms with Crippen molar-refractivity contribution in [2.45, 2.75) is 26.8 Å². The third kappa shape index (κ3) is 2.81. The number of anilines is 1. The fourth-order valence-corrected chi connectivity index (χ4v) is 2.33. The van der Waals surface area contributed by atoms with Gasteiger partial charge in [-0.1, -0.05) is 19.1 Å². The predicted molar refractivity (Wildman–Crippen MR) is 83.6 cm³/mol. The Bertz CT molecular complexity index is 695. The van der Waals surface area contributed by atoms with Gasteiger partial charge in [0.15, 0.2) is 5.82 Å². The highest BCUT2D eigenvalue weighted by atomic mass is 15.2. The molecule has 0 atom stereocenters.